The van der Waals surface area contributed by atoms with E-state index in [9.17, 15) is 8.42 Å². The highest BCUT2D eigenvalue weighted by Crippen LogP contribution is 2.22. The van der Waals surface area contributed by atoms with E-state index in [1.165, 1.54) is 12.1 Å². The van der Waals surface area contributed by atoms with Crippen LogP contribution < -0.4 is 4.72 Å². The molecule has 0 aliphatic heterocycles. The van der Waals surface area contributed by atoms with Gasteiger partial charge in [0.1, 0.15) is 4.90 Å². The SMILES string of the molecule is CCC(C)N(C)CCNS(=O)(=O)c1cc(CO)ccc1Cl. The maximum atomic E-state index is 12.2. The van der Waals surface area contributed by atoms with Crippen LogP contribution in [0.25, 0.3) is 0 Å². The van der Waals surface area contributed by atoms with Crippen LogP contribution in [0.2, 0.25) is 5.02 Å². The van der Waals surface area contributed by atoms with Gasteiger partial charge in [0, 0.05) is 19.1 Å². The predicted molar refractivity (Wildman–Crippen MR) is 84.9 cm³/mol. The molecule has 0 amide bonds. The lowest BCUT2D eigenvalue weighted by Gasteiger charge is -2.23. The number of benzene rings is 1. The quantitative estimate of drug-likeness (QED) is 0.761. The average molecular weight is 335 g/mol. The standard InChI is InChI=1S/C14H23ClN2O3S/c1-4-11(2)17(3)8-7-16-21(19,20)14-9-12(10-18)5-6-13(14)15/h5-6,9,11,16,18H,4,7-8,10H2,1-3H3. The third-order valence-electron chi connectivity index (χ3n) is 3.57. The smallest absolute Gasteiger partial charge is 0.242 e. The number of sulfonamides is 1. The van der Waals surface area contributed by atoms with Crippen molar-refractivity contribution in [1.29, 1.82) is 0 Å². The molecule has 0 bridgehead atoms. The van der Waals surface area contributed by atoms with Gasteiger partial charge in [0.2, 0.25) is 10.0 Å². The van der Waals surface area contributed by atoms with Crippen LogP contribution in [-0.2, 0) is 16.6 Å². The molecule has 21 heavy (non-hydrogen) atoms. The van der Waals surface area contributed by atoms with Crippen molar-refractivity contribution in [3.8, 4) is 0 Å². The Labute approximate surface area is 132 Å². The zero-order valence-electron chi connectivity index (χ0n) is 12.6. The van der Waals surface area contributed by atoms with Crippen LogP contribution >= 0.6 is 11.6 Å². The lowest BCUT2D eigenvalue weighted by molar-refractivity contribution is 0.256. The zero-order valence-corrected chi connectivity index (χ0v) is 14.2. The Morgan fingerprint density at radius 2 is 2.10 bits per heavy atom. The van der Waals surface area contributed by atoms with Crippen molar-refractivity contribution < 1.29 is 13.5 Å². The highest BCUT2D eigenvalue weighted by Gasteiger charge is 2.18. The molecule has 0 saturated carbocycles. The monoisotopic (exact) mass is 334 g/mol. The summed E-state index contributed by atoms with van der Waals surface area (Å²) in [6, 6.07) is 4.87. The molecule has 120 valence electrons. The van der Waals surface area contributed by atoms with Crippen LogP contribution in [-0.4, -0.2) is 44.6 Å². The summed E-state index contributed by atoms with van der Waals surface area (Å²) in [6.45, 7) is 4.88. The second-order valence-corrected chi connectivity index (χ2v) is 7.20. The third-order valence-corrected chi connectivity index (χ3v) is 5.51. The maximum absolute atomic E-state index is 12.2. The Balaban J connectivity index is 2.74. The fourth-order valence-electron chi connectivity index (χ4n) is 1.82. The number of halogens is 1. The number of aliphatic hydroxyl groups excluding tert-OH is 1. The van der Waals surface area contributed by atoms with E-state index in [-0.39, 0.29) is 16.5 Å². The van der Waals surface area contributed by atoms with Crippen molar-refractivity contribution in [1.82, 2.24) is 9.62 Å². The minimum absolute atomic E-state index is 0.00177. The molecule has 1 aromatic rings. The van der Waals surface area contributed by atoms with E-state index in [0.717, 1.165) is 6.42 Å². The van der Waals surface area contributed by atoms with Crippen molar-refractivity contribution >= 4 is 21.6 Å². The van der Waals surface area contributed by atoms with Gasteiger partial charge in [0.15, 0.2) is 0 Å². The van der Waals surface area contributed by atoms with Crippen molar-refractivity contribution in [3.63, 3.8) is 0 Å². The van der Waals surface area contributed by atoms with Crippen molar-refractivity contribution in [2.24, 2.45) is 0 Å². The molecular weight excluding hydrogens is 312 g/mol. The summed E-state index contributed by atoms with van der Waals surface area (Å²) in [5.41, 5.74) is 0.511. The summed E-state index contributed by atoms with van der Waals surface area (Å²) in [7, 11) is -1.71. The van der Waals surface area contributed by atoms with Gasteiger partial charge >= 0.3 is 0 Å². The first kappa shape index (κ1) is 18.4. The van der Waals surface area contributed by atoms with Crippen LogP contribution in [0.5, 0.6) is 0 Å². The molecule has 0 fully saturated rings. The molecule has 0 heterocycles. The van der Waals surface area contributed by atoms with Gasteiger partial charge in [-0.2, -0.15) is 0 Å². The van der Waals surface area contributed by atoms with Gasteiger partial charge in [0.05, 0.1) is 11.6 Å². The zero-order chi connectivity index (χ0) is 16.0. The number of hydrogen-bond donors (Lipinski definition) is 2. The normalized spacial score (nSPS) is 13.6. The fourth-order valence-corrected chi connectivity index (χ4v) is 3.39. The van der Waals surface area contributed by atoms with Gasteiger partial charge in [-0.3, -0.25) is 0 Å². The second-order valence-electron chi connectivity index (χ2n) is 5.06. The van der Waals surface area contributed by atoms with Gasteiger partial charge in [-0.05, 0) is 38.1 Å². The molecule has 1 atom stereocenters. The summed E-state index contributed by atoms with van der Waals surface area (Å²) in [6.07, 6.45) is 1.01. The van der Waals surface area contributed by atoms with Crippen LogP contribution in [0.3, 0.4) is 0 Å². The maximum Gasteiger partial charge on any atom is 0.242 e. The predicted octanol–water partition coefficient (Wildman–Crippen LogP) is 1.84. The molecule has 5 nitrogen and oxygen atoms in total. The molecule has 0 aliphatic carbocycles. The Morgan fingerprint density at radius 1 is 1.43 bits per heavy atom. The molecule has 0 saturated heterocycles. The second kappa shape index (κ2) is 8.10. The van der Waals surface area contributed by atoms with E-state index in [2.05, 4.69) is 23.5 Å². The molecule has 0 aliphatic rings. The minimum Gasteiger partial charge on any atom is -0.392 e. The lowest BCUT2D eigenvalue weighted by atomic mass is 10.2. The van der Waals surface area contributed by atoms with Gasteiger partial charge in [-0.15, -0.1) is 0 Å². The summed E-state index contributed by atoms with van der Waals surface area (Å²) < 4.78 is 27.0. The molecular formula is C14H23ClN2O3S. The Kier molecular flexibility index (Phi) is 7.09. The van der Waals surface area contributed by atoms with Crippen LogP contribution in [0, 0.1) is 0 Å². The molecule has 0 aromatic heterocycles. The highest BCUT2D eigenvalue weighted by atomic mass is 35.5. The number of hydrogen-bond acceptors (Lipinski definition) is 4. The molecule has 1 unspecified atom stereocenters. The Bertz CT molecular complexity index is 563. The number of nitrogens with zero attached hydrogens (tertiary/aromatic N) is 1. The molecule has 0 spiro atoms. The largest absolute Gasteiger partial charge is 0.392 e. The van der Waals surface area contributed by atoms with Gasteiger partial charge < -0.3 is 10.0 Å². The minimum atomic E-state index is -3.67. The molecule has 0 radical (unpaired) electrons. The van der Waals surface area contributed by atoms with Gasteiger partial charge in [-0.25, -0.2) is 13.1 Å². The number of aliphatic hydroxyl groups is 1. The van der Waals surface area contributed by atoms with E-state index in [0.29, 0.717) is 24.7 Å². The first-order valence-electron chi connectivity index (χ1n) is 6.91. The van der Waals surface area contributed by atoms with E-state index in [1.807, 2.05) is 7.05 Å². The molecule has 7 heteroatoms. The van der Waals surface area contributed by atoms with Crippen molar-refractivity contribution in [2.75, 3.05) is 20.1 Å². The topological polar surface area (TPSA) is 69.6 Å². The van der Waals surface area contributed by atoms with E-state index in [4.69, 9.17) is 16.7 Å². The van der Waals surface area contributed by atoms with Gasteiger partial charge in [-0.1, -0.05) is 24.6 Å². The number of likely N-dealkylation sites (N-methyl/N-ethyl adjacent to an activating group) is 1. The molecule has 2 N–H and O–H groups in total. The van der Waals surface area contributed by atoms with E-state index in [1.54, 1.807) is 6.07 Å². The van der Waals surface area contributed by atoms with Crippen LogP contribution in [0.4, 0.5) is 0 Å². The summed E-state index contributed by atoms with van der Waals surface area (Å²) in [5.74, 6) is 0. The Hall–Kier alpha value is -0.660. The summed E-state index contributed by atoms with van der Waals surface area (Å²) >= 11 is 5.94. The Morgan fingerprint density at radius 3 is 2.67 bits per heavy atom. The molecule has 1 rings (SSSR count). The average Bonchev–Trinajstić information content (AvgIpc) is 2.46. The summed E-state index contributed by atoms with van der Waals surface area (Å²) in [4.78, 5) is 2.09. The van der Waals surface area contributed by atoms with Crippen LogP contribution in [0.15, 0.2) is 23.1 Å². The highest BCUT2D eigenvalue weighted by molar-refractivity contribution is 7.89. The summed E-state index contributed by atoms with van der Waals surface area (Å²) in [5, 5.41) is 9.24. The third kappa shape index (κ3) is 5.23. The lowest BCUT2D eigenvalue weighted by Crippen LogP contribution is -2.37. The van der Waals surface area contributed by atoms with Crippen molar-refractivity contribution in [2.45, 2.75) is 37.8 Å². The number of nitrogens with one attached hydrogen (secondary N) is 1. The first-order chi connectivity index (χ1) is 9.81. The van der Waals surface area contributed by atoms with Crippen LogP contribution in [0.1, 0.15) is 25.8 Å². The number of rotatable bonds is 8. The van der Waals surface area contributed by atoms with E-state index < -0.39 is 10.0 Å². The fraction of sp³-hybridized carbons (Fsp3) is 0.571. The molecule has 1 aromatic carbocycles. The van der Waals surface area contributed by atoms with E-state index >= 15 is 0 Å². The van der Waals surface area contributed by atoms with Crippen molar-refractivity contribution in [3.05, 3.63) is 28.8 Å². The first-order valence-corrected chi connectivity index (χ1v) is 8.77. The van der Waals surface area contributed by atoms with Gasteiger partial charge in [0.25, 0.3) is 0 Å².